The number of nitrogens with one attached hydrogen (secondary N) is 2. The molecule has 0 fully saturated rings. The molecule has 4 heteroatoms. The molecule has 17 heavy (non-hydrogen) atoms. The van der Waals surface area contributed by atoms with Crippen LogP contribution in [0, 0.1) is 11.3 Å². The second kappa shape index (κ2) is 7.42. The Bertz CT molecular complexity index is 392. The molecule has 4 nitrogen and oxygen atoms in total. The molecular weight excluding hydrogens is 214 g/mol. The highest BCUT2D eigenvalue weighted by Crippen LogP contribution is 2.02. The molecule has 0 aromatic heterocycles. The molecule has 0 saturated carbocycles. The lowest BCUT2D eigenvalue weighted by molar-refractivity contribution is -0.118. The molecule has 2 N–H and O–H groups in total. The van der Waals surface area contributed by atoms with Gasteiger partial charge in [-0.2, -0.15) is 5.26 Å². The Hall–Kier alpha value is -1.86. The average Bonchev–Trinajstić information content (AvgIpc) is 2.34. The van der Waals surface area contributed by atoms with E-state index in [1.165, 1.54) is 6.92 Å². The van der Waals surface area contributed by atoms with Gasteiger partial charge in [-0.3, -0.25) is 4.79 Å². The van der Waals surface area contributed by atoms with Crippen molar-refractivity contribution in [2.24, 2.45) is 0 Å². The van der Waals surface area contributed by atoms with E-state index in [1.807, 2.05) is 24.3 Å². The van der Waals surface area contributed by atoms with Gasteiger partial charge in [0.05, 0.1) is 11.6 Å². The van der Waals surface area contributed by atoms with Crippen LogP contribution in [0.5, 0.6) is 0 Å². The zero-order valence-electron chi connectivity index (χ0n) is 9.99. The van der Waals surface area contributed by atoms with E-state index in [9.17, 15) is 4.79 Å². The third-order valence-electron chi connectivity index (χ3n) is 2.32. The molecule has 0 aliphatic rings. The average molecular weight is 231 g/mol. The smallest absolute Gasteiger partial charge is 0.216 e. The van der Waals surface area contributed by atoms with Gasteiger partial charge in [0.2, 0.25) is 5.91 Å². The standard InChI is InChI=1S/C13H17N3O/c1-11(17)16-8-2-7-15-10-13-5-3-12(9-14)4-6-13/h3-6,15H,2,7-8,10H2,1H3,(H,16,17). The summed E-state index contributed by atoms with van der Waals surface area (Å²) in [6, 6.07) is 9.60. The summed E-state index contributed by atoms with van der Waals surface area (Å²) < 4.78 is 0. The number of carbonyl (C=O) groups is 1. The van der Waals surface area contributed by atoms with Crippen LogP contribution in [0.2, 0.25) is 0 Å². The number of hydrogen-bond donors (Lipinski definition) is 2. The molecule has 0 heterocycles. The van der Waals surface area contributed by atoms with E-state index in [0.717, 1.165) is 25.1 Å². The molecule has 0 spiro atoms. The molecule has 1 aromatic rings. The fraction of sp³-hybridized carbons (Fsp3) is 0.385. The van der Waals surface area contributed by atoms with E-state index in [0.29, 0.717) is 12.1 Å². The zero-order valence-corrected chi connectivity index (χ0v) is 9.99. The Morgan fingerprint density at radius 2 is 2.00 bits per heavy atom. The Kier molecular flexibility index (Phi) is 5.76. The SMILES string of the molecule is CC(=O)NCCCNCc1ccc(C#N)cc1. The van der Waals surface area contributed by atoms with Crippen molar-refractivity contribution in [3.05, 3.63) is 35.4 Å². The summed E-state index contributed by atoms with van der Waals surface area (Å²) in [6.45, 7) is 3.87. The van der Waals surface area contributed by atoms with Gasteiger partial charge < -0.3 is 10.6 Å². The summed E-state index contributed by atoms with van der Waals surface area (Å²) in [6.07, 6.45) is 0.913. The molecule has 90 valence electrons. The fourth-order valence-electron chi connectivity index (χ4n) is 1.41. The third kappa shape index (κ3) is 5.69. The van der Waals surface area contributed by atoms with Gasteiger partial charge in [0.15, 0.2) is 0 Å². The van der Waals surface area contributed by atoms with Crippen molar-refractivity contribution in [3.63, 3.8) is 0 Å². The molecule has 1 aromatic carbocycles. The highest BCUT2D eigenvalue weighted by atomic mass is 16.1. The molecule has 0 saturated heterocycles. The van der Waals surface area contributed by atoms with Crippen molar-refractivity contribution in [3.8, 4) is 6.07 Å². The lowest BCUT2D eigenvalue weighted by atomic mass is 10.1. The first-order valence-electron chi connectivity index (χ1n) is 5.66. The first-order valence-corrected chi connectivity index (χ1v) is 5.66. The maximum absolute atomic E-state index is 10.6. The van der Waals surface area contributed by atoms with Crippen LogP contribution in [-0.2, 0) is 11.3 Å². The van der Waals surface area contributed by atoms with Crippen LogP contribution in [0.15, 0.2) is 24.3 Å². The predicted octanol–water partition coefficient (Wildman–Crippen LogP) is 1.17. The summed E-state index contributed by atoms with van der Waals surface area (Å²) in [4.78, 5) is 10.6. The van der Waals surface area contributed by atoms with Crippen molar-refractivity contribution < 1.29 is 4.79 Å². The quantitative estimate of drug-likeness (QED) is 0.722. The number of nitrogens with zero attached hydrogens (tertiary/aromatic N) is 1. The summed E-state index contributed by atoms with van der Waals surface area (Å²) in [5.41, 5.74) is 1.84. The van der Waals surface area contributed by atoms with Crippen LogP contribution in [0.3, 0.4) is 0 Å². The van der Waals surface area contributed by atoms with Crippen LogP contribution >= 0.6 is 0 Å². The van der Waals surface area contributed by atoms with E-state index in [2.05, 4.69) is 16.7 Å². The first-order chi connectivity index (χ1) is 8.22. The number of amides is 1. The Balaban J connectivity index is 2.14. The maximum atomic E-state index is 10.6. The molecule has 0 unspecified atom stereocenters. The van der Waals surface area contributed by atoms with Gasteiger partial charge in [-0.1, -0.05) is 12.1 Å². The molecule has 0 atom stereocenters. The van der Waals surface area contributed by atoms with E-state index in [-0.39, 0.29) is 5.91 Å². The monoisotopic (exact) mass is 231 g/mol. The summed E-state index contributed by atoms with van der Waals surface area (Å²) in [5.74, 6) is 0.0112. The van der Waals surface area contributed by atoms with Gasteiger partial charge in [-0.05, 0) is 30.7 Å². The van der Waals surface area contributed by atoms with Crippen LogP contribution in [-0.4, -0.2) is 19.0 Å². The number of benzene rings is 1. The highest BCUT2D eigenvalue weighted by Gasteiger charge is 1.94. The number of hydrogen-bond acceptors (Lipinski definition) is 3. The minimum atomic E-state index is 0.0112. The predicted molar refractivity (Wildman–Crippen MR) is 66.2 cm³/mol. The van der Waals surface area contributed by atoms with E-state index in [4.69, 9.17) is 5.26 Å². The molecule has 1 rings (SSSR count). The summed E-state index contributed by atoms with van der Waals surface area (Å²) >= 11 is 0. The minimum absolute atomic E-state index is 0.0112. The maximum Gasteiger partial charge on any atom is 0.216 e. The summed E-state index contributed by atoms with van der Waals surface area (Å²) in [5, 5.41) is 14.7. The second-order valence-electron chi connectivity index (χ2n) is 3.82. The highest BCUT2D eigenvalue weighted by molar-refractivity contribution is 5.72. The van der Waals surface area contributed by atoms with Gasteiger partial charge in [-0.25, -0.2) is 0 Å². The van der Waals surface area contributed by atoms with Crippen molar-refractivity contribution >= 4 is 5.91 Å². The summed E-state index contributed by atoms with van der Waals surface area (Å²) in [7, 11) is 0. The van der Waals surface area contributed by atoms with Crippen LogP contribution in [0.4, 0.5) is 0 Å². The van der Waals surface area contributed by atoms with Crippen LogP contribution < -0.4 is 10.6 Å². The van der Waals surface area contributed by atoms with E-state index < -0.39 is 0 Å². The number of carbonyl (C=O) groups excluding carboxylic acids is 1. The molecule has 0 aliphatic heterocycles. The van der Waals surface area contributed by atoms with Crippen molar-refractivity contribution in [1.29, 1.82) is 5.26 Å². The van der Waals surface area contributed by atoms with E-state index in [1.54, 1.807) is 0 Å². The van der Waals surface area contributed by atoms with E-state index >= 15 is 0 Å². The lowest BCUT2D eigenvalue weighted by Crippen LogP contribution is -2.24. The first kappa shape index (κ1) is 13.2. The van der Waals surface area contributed by atoms with Crippen LogP contribution in [0.1, 0.15) is 24.5 Å². The molecule has 0 radical (unpaired) electrons. The number of nitriles is 1. The van der Waals surface area contributed by atoms with Gasteiger partial charge in [0.25, 0.3) is 0 Å². The Labute approximate surface area is 102 Å². The lowest BCUT2D eigenvalue weighted by Gasteiger charge is -2.05. The van der Waals surface area contributed by atoms with Gasteiger partial charge >= 0.3 is 0 Å². The largest absolute Gasteiger partial charge is 0.356 e. The van der Waals surface area contributed by atoms with Gasteiger partial charge in [0.1, 0.15) is 0 Å². The molecular formula is C13H17N3O. The van der Waals surface area contributed by atoms with Crippen LogP contribution in [0.25, 0.3) is 0 Å². The minimum Gasteiger partial charge on any atom is -0.356 e. The topological polar surface area (TPSA) is 64.9 Å². The van der Waals surface area contributed by atoms with Crippen molar-refractivity contribution in [2.75, 3.05) is 13.1 Å². The van der Waals surface area contributed by atoms with Gasteiger partial charge in [0, 0.05) is 20.0 Å². The number of rotatable bonds is 6. The molecule has 0 aliphatic carbocycles. The normalized spacial score (nSPS) is 9.65. The third-order valence-corrected chi connectivity index (χ3v) is 2.32. The zero-order chi connectivity index (χ0) is 12.5. The Morgan fingerprint density at radius 3 is 2.59 bits per heavy atom. The van der Waals surface area contributed by atoms with Crippen molar-refractivity contribution in [2.45, 2.75) is 19.9 Å². The molecule has 1 amide bonds. The second-order valence-corrected chi connectivity index (χ2v) is 3.82. The molecule has 0 bridgehead atoms. The fourth-order valence-corrected chi connectivity index (χ4v) is 1.41. The Morgan fingerprint density at radius 1 is 1.29 bits per heavy atom. The van der Waals surface area contributed by atoms with Gasteiger partial charge in [-0.15, -0.1) is 0 Å². The van der Waals surface area contributed by atoms with Crippen molar-refractivity contribution in [1.82, 2.24) is 10.6 Å².